The number of thiophene rings is 1. The summed E-state index contributed by atoms with van der Waals surface area (Å²) in [5.41, 5.74) is 5.46. The Kier molecular flexibility index (Phi) is 4.72. The molecule has 0 aromatic carbocycles. The smallest absolute Gasteiger partial charge is 0.261 e. The Morgan fingerprint density at radius 1 is 1.55 bits per heavy atom. The van der Waals surface area contributed by atoms with Crippen LogP contribution in [0.15, 0.2) is 21.0 Å². The molecule has 20 heavy (non-hydrogen) atoms. The van der Waals surface area contributed by atoms with Crippen LogP contribution in [0.2, 0.25) is 0 Å². The van der Waals surface area contributed by atoms with Crippen LogP contribution in [0.4, 0.5) is 0 Å². The second-order valence-corrected chi connectivity index (χ2v) is 6.14. The monoisotopic (exact) mass is 354 g/mol. The predicted molar refractivity (Wildman–Crippen MR) is 84.2 cm³/mol. The van der Waals surface area contributed by atoms with Gasteiger partial charge in [0.05, 0.1) is 22.1 Å². The van der Waals surface area contributed by atoms with E-state index in [9.17, 15) is 4.79 Å². The molecule has 0 saturated heterocycles. The Hall–Kier alpha value is -1.47. The van der Waals surface area contributed by atoms with Crippen molar-refractivity contribution in [3.05, 3.63) is 37.7 Å². The first kappa shape index (κ1) is 14.9. The maximum atomic E-state index is 11.8. The normalized spacial score (nSPS) is 11.2. The Balaban J connectivity index is 1.94. The Bertz CT molecular complexity index is 659. The van der Waals surface area contributed by atoms with Crippen LogP contribution in [-0.4, -0.2) is 21.9 Å². The number of carbonyl (C=O) groups excluding carboxylic acids is 1. The van der Waals surface area contributed by atoms with Crippen molar-refractivity contribution >= 4 is 39.4 Å². The minimum Gasteiger partial charge on any atom is -0.271 e. The van der Waals surface area contributed by atoms with Gasteiger partial charge in [0.1, 0.15) is 6.54 Å². The van der Waals surface area contributed by atoms with Gasteiger partial charge in [-0.25, -0.2) is 5.43 Å². The molecule has 0 bridgehead atoms. The van der Waals surface area contributed by atoms with Crippen LogP contribution in [-0.2, 0) is 11.3 Å². The summed E-state index contributed by atoms with van der Waals surface area (Å²) >= 11 is 5.02. The lowest BCUT2D eigenvalue weighted by atomic mass is 10.3. The van der Waals surface area contributed by atoms with Crippen LogP contribution in [0.1, 0.15) is 21.8 Å². The quantitative estimate of drug-likeness (QED) is 0.677. The molecule has 0 fully saturated rings. The zero-order chi connectivity index (χ0) is 14.7. The topological polar surface area (TPSA) is 59.3 Å². The molecule has 0 spiro atoms. The van der Waals surface area contributed by atoms with Gasteiger partial charge < -0.3 is 0 Å². The molecule has 1 N–H and O–H groups in total. The Labute approximate surface area is 129 Å². The zero-order valence-corrected chi connectivity index (χ0v) is 13.9. The molecule has 0 aliphatic rings. The van der Waals surface area contributed by atoms with Crippen molar-refractivity contribution in [3.63, 3.8) is 0 Å². The predicted octanol–water partition coefficient (Wildman–Crippen LogP) is 2.78. The number of halogens is 1. The summed E-state index contributed by atoms with van der Waals surface area (Å²) in [6.07, 6.45) is 1.66. The molecule has 2 rings (SSSR count). The molecule has 1 amide bonds. The van der Waals surface area contributed by atoms with Crippen molar-refractivity contribution in [1.29, 1.82) is 0 Å². The molecule has 0 aliphatic carbocycles. The minimum atomic E-state index is -0.200. The number of rotatable bonds is 4. The number of aryl methyl sites for hydroxylation is 2. The summed E-state index contributed by atoms with van der Waals surface area (Å²) in [7, 11) is 0. The standard InChI is InChI=1S/C13H15BrN4OS/c1-8-4-5-20-11(8)6-15-16-12(19)7-18-10(3)13(14)9(2)17-18/h4-6H,7H2,1-3H3,(H,16,19). The maximum absolute atomic E-state index is 11.8. The van der Waals surface area contributed by atoms with Gasteiger partial charge in [0.25, 0.3) is 5.91 Å². The fourth-order valence-corrected chi connectivity index (χ4v) is 2.75. The number of hydrogen-bond acceptors (Lipinski definition) is 4. The zero-order valence-electron chi connectivity index (χ0n) is 11.5. The van der Waals surface area contributed by atoms with E-state index in [-0.39, 0.29) is 12.5 Å². The molecule has 5 nitrogen and oxygen atoms in total. The summed E-state index contributed by atoms with van der Waals surface area (Å²) in [6, 6.07) is 2.02. The second-order valence-electron chi connectivity index (χ2n) is 4.40. The number of nitrogens with zero attached hydrogens (tertiary/aromatic N) is 3. The Morgan fingerprint density at radius 3 is 2.85 bits per heavy atom. The first-order valence-corrected chi connectivity index (χ1v) is 7.72. The third-order valence-electron chi connectivity index (χ3n) is 2.86. The van der Waals surface area contributed by atoms with Crippen molar-refractivity contribution in [3.8, 4) is 0 Å². The van der Waals surface area contributed by atoms with Crippen molar-refractivity contribution in [2.24, 2.45) is 5.10 Å². The van der Waals surface area contributed by atoms with Crippen LogP contribution >= 0.6 is 27.3 Å². The highest BCUT2D eigenvalue weighted by molar-refractivity contribution is 9.10. The van der Waals surface area contributed by atoms with E-state index in [4.69, 9.17) is 0 Å². The fourth-order valence-electron chi connectivity index (χ4n) is 1.68. The third kappa shape index (κ3) is 3.34. The van der Waals surface area contributed by atoms with Gasteiger partial charge in [-0.2, -0.15) is 10.2 Å². The van der Waals surface area contributed by atoms with Gasteiger partial charge in [-0.1, -0.05) is 0 Å². The van der Waals surface area contributed by atoms with Crippen molar-refractivity contribution in [1.82, 2.24) is 15.2 Å². The summed E-state index contributed by atoms with van der Waals surface area (Å²) in [5, 5.41) is 10.2. The van der Waals surface area contributed by atoms with Gasteiger partial charge >= 0.3 is 0 Å². The number of nitrogens with one attached hydrogen (secondary N) is 1. The summed E-state index contributed by atoms with van der Waals surface area (Å²) in [5.74, 6) is -0.200. The van der Waals surface area contributed by atoms with Gasteiger partial charge in [0.15, 0.2) is 0 Å². The Morgan fingerprint density at radius 2 is 2.30 bits per heavy atom. The molecule has 106 valence electrons. The van der Waals surface area contributed by atoms with Crippen molar-refractivity contribution in [2.45, 2.75) is 27.3 Å². The second kappa shape index (κ2) is 6.32. The van der Waals surface area contributed by atoms with Gasteiger partial charge in [-0.3, -0.25) is 9.48 Å². The van der Waals surface area contributed by atoms with Crippen LogP contribution in [0.3, 0.4) is 0 Å². The maximum Gasteiger partial charge on any atom is 0.261 e. The van der Waals surface area contributed by atoms with Gasteiger partial charge in [-0.15, -0.1) is 11.3 Å². The van der Waals surface area contributed by atoms with Gasteiger partial charge in [-0.05, 0) is 53.7 Å². The lowest BCUT2D eigenvalue weighted by Crippen LogP contribution is -2.24. The van der Waals surface area contributed by atoms with E-state index in [1.165, 1.54) is 0 Å². The van der Waals surface area contributed by atoms with Crippen LogP contribution in [0.5, 0.6) is 0 Å². The average molecular weight is 355 g/mol. The first-order valence-electron chi connectivity index (χ1n) is 6.04. The van der Waals surface area contributed by atoms with Gasteiger partial charge in [0, 0.05) is 4.88 Å². The summed E-state index contributed by atoms with van der Waals surface area (Å²) < 4.78 is 2.59. The third-order valence-corrected chi connectivity index (χ3v) is 4.96. The summed E-state index contributed by atoms with van der Waals surface area (Å²) in [4.78, 5) is 12.8. The molecule has 7 heteroatoms. The molecular formula is C13H15BrN4OS. The van der Waals surface area contributed by atoms with E-state index >= 15 is 0 Å². The van der Waals surface area contributed by atoms with Crippen LogP contribution in [0.25, 0.3) is 0 Å². The number of amides is 1. The van der Waals surface area contributed by atoms with Crippen molar-refractivity contribution in [2.75, 3.05) is 0 Å². The highest BCUT2D eigenvalue weighted by Crippen LogP contribution is 2.19. The fraction of sp³-hybridized carbons (Fsp3) is 0.308. The average Bonchev–Trinajstić information content (AvgIpc) is 2.90. The molecule has 2 aromatic rings. The SMILES string of the molecule is Cc1ccsc1C=NNC(=O)Cn1nc(C)c(Br)c1C. The van der Waals surface area contributed by atoms with E-state index in [1.54, 1.807) is 22.2 Å². The van der Waals surface area contributed by atoms with E-state index in [2.05, 4.69) is 31.6 Å². The molecule has 0 saturated carbocycles. The lowest BCUT2D eigenvalue weighted by Gasteiger charge is -2.02. The van der Waals surface area contributed by atoms with Crippen LogP contribution < -0.4 is 5.43 Å². The number of aromatic nitrogens is 2. The van der Waals surface area contributed by atoms with E-state index in [0.29, 0.717) is 0 Å². The number of hydrogen-bond donors (Lipinski definition) is 1. The van der Waals surface area contributed by atoms with E-state index < -0.39 is 0 Å². The molecule has 2 aromatic heterocycles. The highest BCUT2D eigenvalue weighted by atomic mass is 79.9. The highest BCUT2D eigenvalue weighted by Gasteiger charge is 2.11. The molecule has 2 heterocycles. The molecule has 0 radical (unpaired) electrons. The summed E-state index contributed by atoms with van der Waals surface area (Å²) in [6.45, 7) is 5.96. The van der Waals surface area contributed by atoms with E-state index in [0.717, 1.165) is 26.3 Å². The largest absolute Gasteiger partial charge is 0.271 e. The van der Waals surface area contributed by atoms with E-state index in [1.807, 2.05) is 32.2 Å². The lowest BCUT2D eigenvalue weighted by molar-refractivity contribution is -0.121. The number of hydrazone groups is 1. The molecular weight excluding hydrogens is 340 g/mol. The van der Waals surface area contributed by atoms with Crippen LogP contribution in [0, 0.1) is 20.8 Å². The molecule has 0 atom stereocenters. The molecule has 0 aliphatic heterocycles. The number of carbonyl (C=O) groups is 1. The molecule has 0 unspecified atom stereocenters. The first-order chi connectivity index (χ1) is 9.49. The minimum absolute atomic E-state index is 0.152. The van der Waals surface area contributed by atoms with Gasteiger partial charge in [0.2, 0.25) is 0 Å². The van der Waals surface area contributed by atoms with Crippen molar-refractivity contribution < 1.29 is 4.79 Å².